The molecule has 0 aliphatic carbocycles. The molecular formula is C17H20O. The van der Waals surface area contributed by atoms with Crippen molar-refractivity contribution in [3.05, 3.63) is 35.9 Å². The van der Waals surface area contributed by atoms with Crippen LogP contribution in [0.15, 0.2) is 30.3 Å². The van der Waals surface area contributed by atoms with E-state index < -0.39 is 6.10 Å². The molecule has 1 rings (SSSR count). The summed E-state index contributed by atoms with van der Waals surface area (Å²) in [6.45, 7) is 4.13. The Bertz CT molecular complexity index is 451. The number of benzene rings is 1. The molecule has 1 aromatic carbocycles. The summed E-state index contributed by atoms with van der Waals surface area (Å²) in [5.41, 5.74) is 1.29. The van der Waals surface area contributed by atoms with Crippen molar-refractivity contribution in [3.63, 3.8) is 0 Å². The third kappa shape index (κ3) is 6.79. The molecule has 0 fully saturated rings. The highest BCUT2D eigenvalue weighted by Gasteiger charge is 2.01. The summed E-state index contributed by atoms with van der Waals surface area (Å²) >= 11 is 0. The molecule has 0 heterocycles. The van der Waals surface area contributed by atoms with Crippen LogP contribution in [0.25, 0.3) is 0 Å². The molecule has 1 nitrogen and oxygen atoms in total. The van der Waals surface area contributed by atoms with E-state index in [1.165, 1.54) is 5.56 Å². The lowest BCUT2D eigenvalue weighted by atomic mass is 10.1. The van der Waals surface area contributed by atoms with Crippen molar-refractivity contribution in [3.8, 4) is 23.7 Å². The molecule has 0 spiro atoms. The Labute approximate surface area is 110 Å². The monoisotopic (exact) mass is 240 g/mol. The van der Waals surface area contributed by atoms with Crippen molar-refractivity contribution in [2.75, 3.05) is 0 Å². The van der Waals surface area contributed by atoms with Gasteiger partial charge in [0.2, 0.25) is 0 Å². The Morgan fingerprint density at radius 2 is 1.83 bits per heavy atom. The molecule has 0 unspecified atom stereocenters. The molecule has 0 saturated carbocycles. The first kappa shape index (κ1) is 14.4. The molecule has 0 radical (unpaired) electrons. The molecule has 0 aromatic heterocycles. The maximum absolute atomic E-state index is 9.51. The van der Waals surface area contributed by atoms with E-state index in [-0.39, 0.29) is 0 Å². The second-order valence-electron chi connectivity index (χ2n) is 4.70. The Balaban J connectivity index is 2.28. The molecule has 0 aliphatic heterocycles. The zero-order chi connectivity index (χ0) is 13.2. The van der Waals surface area contributed by atoms with Crippen molar-refractivity contribution >= 4 is 0 Å². The molecule has 0 bridgehead atoms. The van der Waals surface area contributed by atoms with E-state index in [0.717, 1.165) is 12.8 Å². The van der Waals surface area contributed by atoms with Crippen LogP contribution in [0.5, 0.6) is 0 Å². The molecule has 0 amide bonds. The van der Waals surface area contributed by atoms with Gasteiger partial charge in [-0.15, -0.1) is 0 Å². The standard InChI is InChI=1S/C17H20O/c1-15(2)14-17(18)13-9-4-3-6-10-16-11-7-5-8-12-16/h5,7-8,11-12,15,17-18H,6,10,14H2,1-2H3/t17-/m0/s1. The predicted molar refractivity (Wildman–Crippen MR) is 75.8 cm³/mol. The third-order valence-corrected chi connectivity index (χ3v) is 2.47. The second-order valence-corrected chi connectivity index (χ2v) is 4.70. The van der Waals surface area contributed by atoms with Crippen molar-refractivity contribution in [2.24, 2.45) is 5.92 Å². The Hall–Kier alpha value is -1.70. The van der Waals surface area contributed by atoms with Gasteiger partial charge in [-0.1, -0.05) is 56.0 Å². The van der Waals surface area contributed by atoms with Crippen LogP contribution in [-0.4, -0.2) is 11.2 Å². The van der Waals surface area contributed by atoms with Crippen LogP contribution in [-0.2, 0) is 6.42 Å². The summed E-state index contributed by atoms with van der Waals surface area (Å²) < 4.78 is 0. The fourth-order valence-corrected chi connectivity index (χ4v) is 1.58. The highest BCUT2D eigenvalue weighted by Crippen LogP contribution is 2.03. The second kappa shape index (κ2) is 8.40. The number of rotatable bonds is 4. The molecule has 1 atom stereocenters. The number of aliphatic hydroxyl groups excluding tert-OH is 1. The van der Waals surface area contributed by atoms with Crippen LogP contribution in [0.3, 0.4) is 0 Å². The van der Waals surface area contributed by atoms with Crippen LogP contribution < -0.4 is 0 Å². The Morgan fingerprint density at radius 1 is 1.11 bits per heavy atom. The molecule has 94 valence electrons. The van der Waals surface area contributed by atoms with Crippen molar-refractivity contribution in [2.45, 2.75) is 39.2 Å². The van der Waals surface area contributed by atoms with E-state index in [9.17, 15) is 5.11 Å². The minimum atomic E-state index is -0.548. The van der Waals surface area contributed by atoms with E-state index in [2.05, 4.69) is 49.7 Å². The van der Waals surface area contributed by atoms with E-state index in [1.54, 1.807) is 0 Å². The van der Waals surface area contributed by atoms with Crippen molar-refractivity contribution in [1.29, 1.82) is 0 Å². The van der Waals surface area contributed by atoms with Gasteiger partial charge < -0.3 is 5.11 Å². The first-order valence-corrected chi connectivity index (χ1v) is 6.39. The smallest absolute Gasteiger partial charge is 0.116 e. The van der Waals surface area contributed by atoms with Crippen LogP contribution in [0, 0.1) is 29.6 Å². The average Bonchev–Trinajstić information content (AvgIpc) is 2.34. The number of aryl methyl sites for hydroxylation is 1. The number of hydrogen-bond donors (Lipinski definition) is 1. The molecule has 1 aromatic rings. The van der Waals surface area contributed by atoms with E-state index in [4.69, 9.17) is 0 Å². The van der Waals surface area contributed by atoms with Gasteiger partial charge in [0.25, 0.3) is 0 Å². The van der Waals surface area contributed by atoms with Crippen LogP contribution >= 0.6 is 0 Å². The van der Waals surface area contributed by atoms with Crippen molar-refractivity contribution < 1.29 is 5.11 Å². The highest BCUT2D eigenvalue weighted by molar-refractivity contribution is 5.27. The van der Waals surface area contributed by atoms with E-state index in [1.807, 2.05) is 18.2 Å². The van der Waals surface area contributed by atoms with Gasteiger partial charge >= 0.3 is 0 Å². The lowest BCUT2D eigenvalue weighted by Crippen LogP contribution is -2.06. The van der Waals surface area contributed by atoms with Crippen LogP contribution in [0.4, 0.5) is 0 Å². The zero-order valence-corrected chi connectivity index (χ0v) is 11.1. The molecule has 0 aliphatic rings. The molecule has 0 saturated heterocycles. The maximum Gasteiger partial charge on any atom is 0.116 e. The van der Waals surface area contributed by atoms with Gasteiger partial charge in [0.1, 0.15) is 6.10 Å². The fraction of sp³-hybridized carbons (Fsp3) is 0.412. The summed E-state index contributed by atoms with van der Waals surface area (Å²) in [6, 6.07) is 10.3. The van der Waals surface area contributed by atoms with Gasteiger partial charge in [-0.25, -0.2) is 0 Å². The normalized spacial score (nSPS) is 11.1. The van der Waals surface area contributed by atoms with Gasteiger partial charge in [0.15, 0.2) is 0 Å². The van der Waals surface area contributed by atoms with Gasteiger partial charge in [0, 0.05) is 6.42 Å². The highest BCUT2D eigenvalue weighted by atomic mass is 16.3. The average molecular weight is 240 g/mol. The Kier molecular flexibility index (Phi) is 6.70. The summed E-state index contributed by atoms with van der Waals surface area (Å²) in [6.07, 6.45) is 1.91. The largest absolute Gasteiger partial charge is 0.380 e. The number of hydrogen-bond acceptors (Lipinski definition) is 1. The van der Waals surface area contributed by atoms with E-state index in [0.29, 0.717) is 12.3 Å². The summed E-state index contributed by atoms with van der Waals surface area (Å²) in [4.78, 5) is 0. The Morgan fingerprint density at radius 3 is 2.50 bits per heavy atom. The maximum atomic E-state index is 9.51. The number of aliphatic hydroxyl groups is 1. The molecular weight excluding hydrogens is 220 g/mol. The quantitative estimate of drug-likeness (QED) is 0.802. The topological polar surface area (TPSA) is 20.2 Å². The first-order chi connectivity index (χ1) is 8.68. The summed E-state index contributed by atoms with van der Waals surface area (Å²) in [5.74, 6) is 11.7. The lowest BCUT2D eigenvalue weighted by Gasteiger charge is -2.04. The van der Waals surface area contributed by atoms with Crippen LogP contribution in [0.2, 0.25) is 0 Å². The zero-order valence-electron chi connectivity index (χ0n) is 11.1. The molecule has 18 heavy (non-hydrogen) atoms. The predicted octanol–water partition coefficient (Wildman–Crippen LogP) is 3.03. The minimum Gasteiger partial charge on any atom is -0.380 e. The van der Waals surface area contributed by atoms with Gasteiger partial charge in [-0.05, 0) is 36.2 Å². The van der Waals surface area contributed by atoms with Crippen molar-refractivity contribution in [1.82, 2.24) is 0 Å². The molecule has 1 N–H and O–H groups in total. The lowest BCUT2D eigenvalue weighted by molar-refractivity contribution is 0.204. The minimum absolute atomic E-state index is 0.459. The van der Waals surface area contributed by atoms with Gasteiger partial charge in [-0.2, -0.15) is 0 Å². The van der Waals surface area contributed by atoms with Crippen LogP contribution in [0.1, 0.15) is 32.3 Å². The third-order valence-electron chi connectivity index (χ3n) is 2.47. The fourth-order valence-electron chi connectivity index (χ4n) is 1.58. The SMILES string of the molecule is CC(C)C[C@@H](O)C#CC#CCCc1ccccc1. The first-order valence-electron chi connectivity index (χ1n) is 6.39. The summed E-state index contributed by atoms with van der Waals surface area (Å²) in [7, 11) is 0. The van der Waals surface area contributed by atoms with Gasteiger partial charge in [-0.3, -0.25) is 0 Å². The molecule has 1 heteroatoms. The summed E-state index contributed by atoms with van der Waals surface area (Å²) in [5, 5.41) is 9.51. The van der Waals surface area contributed by atoms with Gasteiger partial charge in [0.05, 0.1) is 0 Å². The van der Waals surface area contributed by atoms with E-state index >= 15 is 0 Å².